The molecule has 23 heavy (non-hydrogen) atoms. The molecule has 0 fully saturated rings. The van der Waals surface area contributed by atoms with Gasteiger partial charge in [-0.05, 0) is 25.0 Å². The van der Waals surface area contributed by atoms with Gasteiger partial charge in [0.05, 0.1) is 0 Å². The molecule has 3 N–H and O–H groups in total. The number of aryl methyl sites for hydroxylation is 1. The Hall–Kier alpha value is -2.37. The lowest BCUT2D eigenvalue weighted by Gasteiger charge is -2.22. The molecule has 0 spiro atoms. The fraction of sp³-hybridized carbons (Fsp3) is 0.471. The van der Waals surface area contributed by atoms with Gasteiger partial charge in [0.25, 0.3) is 5.91 Å². The second-order valence-corrected chi connectivity index (χ2v) is 5.84. The summed E-state index contributed by atoms with van der Waals surface area (Å²) in [5, 5.41) is 8.08. The van der Waals surface area contributed by atoms with Crippen molar-refractivity contribution in [3.63, 3.8) is 0 Å². The summed E-state index contributed by atoms with van der Waals surface area (Å²) in [4.78, 5) is 35.2. The van der Waals surface area contributed by atoms with Crippen LogP contribution >= 0.6 is 0 Å². The van der Waals surface area contributed by atoms with Crippen LogP contribution in [0.1, 0.15) is 36.7 Å². The Morgan fingerprint density at radius 2 is 1.57 bits per heavy atom. The summed E-state index contributed by atoms with van der Waals surface area (Å²) in [6, 6.07) is 6.55. The van der Waals surface area contributed by atoms with Gasteiger partial charge in [-0.2, -0.15) is 0 Å². The average Bonchev–Trinajstić information content (AvgIpc) is 2.48. The van der Waals surface area contributed by atoms with Gasteiger partial charge in [-0.15, -0.1) is 0 Å². The largest absolute Gasteiger partial charge is 0.355 e. The van der Waals surface area contributed by atoms with Crippen molar-refractivity contribution in [3.05, 3.63) is 35.4 Å². The summed E-state index contributed by atoms with van der Waals surface area (Å²) in [5.74, 6) is -0.732. The van der Waals surface area contributed by atoms with E-state index in [0.717, 1.165) is 5.56 Å². The number of benzene rings is 1. The summed E-state index contributed by atoms with van der Waals surface area (Å²) in [6.45, 7) is 7.78. The number of hydrogen-bond acceptors (Lipinski definition) is 3. The predicted octanol–water partition coefficient (Wildman–Crippen LogP) is 1.00. The minimum Gasteiger partial charge on any atom is -0.355 e. The molecule has 0 aromatic heterocycles. The molecule has 0 aliphatic carbocycles. The van der Waals surface area contributed by atoms with Gasteiger partial charge < -0.3 is 16.0 Å². The number of carbonyl (C=O) groups is 3. The van der Waals surface area contributed by atoms with Crippen molar-refractivity contribution >= 4 is 17.7 Å². The first kappa shape index (κ1) is 18.7. The first-order valence-corrected chi connectivity index (χ1v) is 7.71. The zero-order valence-corrected chi connectivity index (χ0v) is 14.1. The van der Waals surface area contributed by atoms with Gasteiger partial charge in [-0.1, -0.05) is 31.5 Å². The van der Waals surface area contributed by atoms with Crippen molar-refractivity contribution in [1.29, 1.82) is 0 Å². The number of hydrogen-bond donors (Lipinski definition) is 3. The average molecular weight is 319 g/mol. The molecular formula is C17H25N3O3. The van der Waals surface area contributed by atoms with E-state index in [1.165, 1.54) is 6.92 Å². The van der Waals surface area contributed by atoms with Gasteiger partial charge in [0.2, 0.25) is 11.8 Å². The summed E-state index contributed by atoms with van der Waals surface area (Å²) < 4.78 is 0. The molecule has 0 aliphatic rings. The third kappa shape index (κ3) is 6.50. The van der Waals surface area contributed by atoms with Crippen molar-refractivity contribution < 1.29 is 14.4 Å². The Labute approximate surface area is 137 Å². The quantitative estimate of drug-likeness (QED) is 0.655. The predicted molar refractivity (Wildman–Crippen MR) is 89.0 cm³/mol. The molecule has 0 bridgehead atoms. The highest BCUT2D eigenvalue weighted by molar-refractivity contribution is 5.97. The van der Waals surface area contributed by atoms with Crippen molar-refractivity contribution in [3.8, 4) is 0 Å². The van der Waals surface area contributed by atoms with Crippen LogP contribution in [0.5, 0.6) is 0 Å². The second kappa shape index (κ2) is 8.92. The van der Waals surface area contributed by atoms with Gasteiger partial charge >= 0.3 is 0 Å². The van der Waals surface area contributed by atoms with Crippen LogP contribution in [0.3, 0.4) is 0 Å². The fourth-order valence-electron chi connectivity index (χ4n) is 2.00. The maximum absolute atomic E-state index is 12.2. The number of carbonyl (C=O) groups excluding carboxylic acids is 3. The van der Waals surface area contributed by atoms with Crippen molar-refractivity contribution in [2.45, 2.75) is 33.7 Å². The van der Waals surface area contributed by atoms with E-state index in [4.69, 9.17) is 0 Å². The minimum absolute atomic E-state index is 0.0508. The number of amides is 3. The fourth-order valence-corrected chi connectivity index (χ4v) is 2.00. The van der Waals surface area contributed by atoms with E-state index in [1.807, 2.05) is 32.9 Å². The van der Waals surface area contributed by atoms with Crippen molar-refractivity contribution in [2.75, 3.05) is 13.1 Å². The molecule has 0 radical (unpaired) electrons. The summed E-state index contributed by atoms with van der Waals surface area (Å²) in [7, 11) is 0. The summed E-state index contributed by atoms with van der Waals surface area (Å²) in [6.07, 6.45) is 0. The maximum atomic E-state index is 12.2. The molecule has 1 aromatic rings. The van der Waals surface area contributed by atoms with Gasteiger partial charge in [0, 0.05) is 25.6 Å². The third-order valence-corrected chi connectivity index (χ3v) is 3.35. The lowest BCUT2D eigenvalue weighted by Crippen LogP contribution is -2.50. The molecule has 0 saturated heterocycles. The van der Waals surface area contributed by atoms with Crippen LogP contribution in [0.4, 0.5) is 0 Å². The lowest BCUT2D eigenvalue weighted by molar-refractivity contribution is -0.124. The van der Waals surface area contributed by atoms with Crippen molar-refractivity contribution in [2.24, 2.45) is 5.92 Å². The first-order valence-electron chi connectivity index (χ1n) is 7.71. The highest BCUT2D eigenvalue weighted by Gasteiger charge is 2.24. The molecule has 1 unspecified atom stereocenters. The first-order chi connectivity index (χ1) is 10.8. The van der Waals surface area contributed by atoms with E-state index < -0.39 is 6.04 Å². The molecule has 126 valence electrons. The van der Waals surface area contributed by atoms with Crippen LogP contribution < -0.4 is 16.0 Å². The Kier molecular flexibility index (Phi) is 7.25. The summed E-state index contributed by atoms with van der Waals surface area (Å²) >= 11 is 0. The smallest absolute Gasteiger partial charge is 0.251 e. The Morgan fingerprint density at radius 1 is 1.00 bits per heavy atom. The van der Waals surface area contributed by atoms with Crippen LogP contribution in [0, 0.1) is 12.8 Å². The van der Waals surface area contributed by atoms with Gasteiger partial charge in [-0.25, -0.2) is 0 Å². The zero-order chi connectivity index (χ0) is 17.4. The van der Waals surface area contributed by atoms with E-state index in [1.54, 1.807) is 12.1 Å². The molecule has 6 heteroatoms. The molecule has 1 rings (SSSR count). The Balaban J connectivity index is 2.60. The van der Waals surface area contributed by atoms with Crippen LogP contribution in [-0.2, 0) is 9.59 Å². The normalized spacial score (nSPS) is 11.7. The van der Waals surface area contributed by atoms with E-state index in [-0.39, 0.29) is 23.6 Å². The van der Waals surface area contributed by atoms with E-state index in [9.17, 15) is 14.4 Å². The number of rotatable bonds is 7. The molecule has 1 atom stereocenters. The standard InChI is InChI=1S/C17H25N3O3/c1-11(2)15(17(23)19-10-9-18-13(4)21)20-16(22)14-7-5-12(3)6-8-14/h5-8,11,15H,9-10H2,1-4H3,(H,18,21)(H,19,23)(H,20,22). The van der Waals surface area contributed by atoms with E-state index >= 15 is 0 Å². The van der Waals surface area contributed by atoms with Crippen LogP contribution in [0.2, 0.25) is 0 Å². The van der Waals surface area contributed by atoms with E-state index in [2.05, 4.69) is 16.0 Å². The summed E-state index contributed by atoms with van der Waals surface area (Å²) in [5.41, 5.74) is 1.59. The van der Waals surface area contributed by atoms with Crippen LogP contribution in [-0.4, -0.2) is 36.9 Å². The molecule has 3 amide bonds. The highest BCUT2D eigenvalue weighted by Crippen LogP contribution is 2.06. The minimum atomic E-state index is -0.624. The maximum Gasteiger partial charge on any atom is 0.251 e. The Bertz CT molecular complexity index is 553. The third-order valence-electron chi connectivity index (χ3n) is 3.35. The van der Waals surface area contributed by atoms with Crippen LogP contribution in [0.25, 0.3) is 0 Å². The van der Waals surface area contributed by atoms with Crippen LogP contribution in [0.15, 0.2) is 24.3 Å². The molecular weight excluding hydrogens is 294 g/mol. The Morgan fingerprint density at radius 3 is 2.09 bits per heavy atom. The molecule has 6 nitrogen and oxygen atoms in total. The number of nitrogens with one attached hydrogen (secondary N) is 3. The lowest BCUT2D eigenvalue weighted by atomic mass is 10.0. The molecule has 0 aliphatic heterocycles. The van der Waals surface area contributed by atoms with Gasteiger partial charge in [-0.3, -0.25) is 14.4 Å². The van der Waals surface area contributed by atoms with Gasteiger partial charge in [0.15, 0.2) is 0 Å². The highest BCUT2D eigenvalue weighted by atomic mass is 16.2. The second-order valence-electron chi connectivity index (χ2n) is 5.84. The molecule has 0 saturated carbocycles. The zero-order valence-electron chi connectivity index (χ0n) is 14.1. The SMILES string of the molecule is CC(=O)NCCNC(=O)C(NC(=O)c1ccc(C)cc1)C(C)C. The molecule has 0 heterocycles. The topological polar surface area (TPSA) is 87.3 Å². The molecule has 1 aromatic carbocycles. The van der Waals surface area contributed by atoms with Gasteiger partial charge in [0.1, 0.15) is 6.04 Å². The monoisotopic (exact) mass is 319 g/mol. The van der Waals surface area contributed by atoms with Crippen molar-refractivity contribution in [1.82, 2.24) is 16.0 Å². The van der Waals surface area contributed by atoms with E-state index in [0.29, 0.717) is 18.7 Å².